The Kier molecular flexibility index (Phi) is 4.76. The SMILES string of the molecule is CCOC(=O)C1=C(N)OC2=C(C(=O)CCC2)[C@H]1c1ccc(Br)cc1. The summed E-state index contributed by atoms with van der Waals surface area (Å²) in [5.41, 5.74) is 7.57. The molecule has 0 bridgehead atoms. The highest BCUT2D eigenvalue weighted by atomic mass is 79.9. The number of ether oxygens (including phenoxy) is 2. The number of benzene rings is 1. The topological polar surface area (TPSA) is 78.6 Å². The van der Waals surface area contributed by atoms with E-state index in [1.807, 2.05) is 24.3 Å². The first-order chi connectivity index (χ1) is 11.5. The van der Waals surface area contributed by atoms with Crippen molar-refractivity contribution in [3.05, 3.63) is 57.1 Å². The number of ketones is 1. The fourth-order valence-corrected chi connectivity index (χ4v) is 3.42. The zero-order chi connectivity index (χ0) is 17.3. The van der Waals surface area contributed by atoms with Gasteiger partial charge in [0.1, 0.15) is 11.3 Å². The van der Waals surface area contributed by atoms with E-state index in [-0.39, 0.29) is 23.8 Å². The molecular formula is C18H18BrNO4. The summed E-state index contributed by atoms with van der Waals surface area (Å²) in [7, 11) is 0. The van der Waals surface area contributed by atoms with Crippen LogP contribution in [0, 0.1) is 0 Å². The van der Waals surface area contributed by atoms with Gasteiger partial charge in [0.2, 0.25) is 5.88 Å². The standard InChI is InChI=1S/C18H18BrNO4/c1-2-23-18(22)16-14(10-6-8-11(19)9-7-10)15-12(21)4-3-5-13(15)24-17(16)20/h6-9,14H,2-5,20H2,1H3/t14-/m1/s1. The van der Waals surface area contributed by atoms with Gasteiger partial charge in [0.05, 0.1) is 12.5 Å². The third-order valence-electron chi connectivity index (χ3n) is 4.18. The molecule has 0 saturated carbocycles. The van der Waals surface area contributed by atoms with Crippen LogP contribution in [0.1, 0.15) is 37.7 Å². The fraction of sp³-hybridized carbons (Fsp3) is 0.333. The van der Waals surface area contributed by atoms with Crippen LogP contribution in [0.4, 0.5) is 0 Å². The molecule has 0 spiro atoms. The van der Waals surface area contributed by atoms with Crippen molar-refractivity contribution in [2.24, 2.45) is 5.73 Å². The summed E-state index contributed by atoms with van der Waals surface area (Å²) in [6, 6.07) is 7.49. The van der Waals surface area contributed by atoms with E-state index in [0.717, 1.165) is 16.5 Å². The number of nitrogens with two attached hydrogens (primary N) is 1. The lowest BCUT2D eigenvalue weighted by Crippen LogP contribution is -2.31. The van der Waals surface area contributed by atoms with E-state index in [0.29, 0.717) is 24.2 Å². The maximum absolute atomic E-state index is 12.5. The molecule has 1 aliphatic carbocycles. The molecule has 0 unspecified atom stereocenters. The van der Waals surface area contributed by atoms with Gasteiger partial charge >= 0.3 is 5.97 Å². The van der Waals surface area contributed by atoms with Gasteiger partial charge in [-0.1, -0.05) is 28.1 Å². The van der Waals surface area contributed by atoms with Gasteiger partial charge in [-0.15, -0.1) is 0 Å². The molecule has 0 saturated heterocycles. The second-order valence-corrected chi connectivity index (χ2v) is 6.61. The molecule has 6 heteroatoms. The number of allylic oxidation sites excluding steroid dienone is 2. The normalized spacial score (nSPS) is 20.6. The summed E-state index contributed by atoms with van der Waals surface area (Å²) in [5, 5.41) is 0. The summed E-state index contributed by atoms with van der Waals surface area (Å²) in [5.74, 6) is -0.500. The van der Waals surface area contributed by atoms with E-state index in [2.05, 4.69) is 15.9 Å². The zero-order valence-corrected chi connectivity index (χ0v) is 14.9. The minimum Gasteiger partial charge on any atom is -0.462 e. The van der Waals surface area contributed by atoms with Crippen molar-refractivity contribution in [1.82, 2.24) is 0 Å². The minimum atomic E-state index is -0.548. The summed E-state index contributed by atoms with van der Waals surface area (Å²) >= 11 is 3.40. The molecule has 1 aromatic carbocycles. The molecule has 0 radical (unpaired) electrons. The molecule has 1 heterocycles. The number of hydrogen-bond acceptors (Lipinski definition) is 5. The van der Waals surface area contributed by atoms with E-state index in [4.69, 9.17) is 15.2 Å². The van der Waals surface area contributed by atoms with Crippen LogP contribution in [0.15, 0.2) is 51.5 Å². The Morgan fingerprint density at radius 2 is 2.04 bits per heavy atom. The van der Waals surface area contributed by atoms with E-state index in [1.165, 1.54) is 0 Å². The Hall–Kier alpha value is -2.08. The predicted molar refractivity (Wildman–Crippen MR) is 91.7 cm³/mol. The molecule has 2 aliphatic rings. The third-order valence-corrected chi connectivity index (χ3v) is 4.71. The molecule has 2 N–H and O–H groups in total. The van der Waals surface area contributed by atoms with Gasteiger partial charge in [0.15, 0.2) is 5.78 Å². The Bertz CT molecular complexity index is 749. The third kappa shape index (κ3) is 2.98. The predicted octanol–water partition coefficient (Wildman–Crippen LogP) is 3.30. The molecule has 0 fully saturated rings. The van der Waals surface area contributed by atoms with E-state index in [9.17, 15) is 9.59 Å². The highest BCUT2D eigenvalue weighted by molar-refractivity contribution is 9.10. The second kappa shape index (κ2) is 6.81. The van der Waals surface area contributed by atoms with Crippen molar-refractivity contribution in [1.29, 1.82) is 0 Å². The quantitative estimate of drug-likeness (QED) is 0.799. The highest BCUT2D eigenvalue weighted by Crippen LogP contribution is 2.44. The Morgan fingerprint density at radius 1 is 1.33 bits per heavy atom. The second-order valence-electron chi connectivity index (χ2n) is 5.70. The van der Waals surface area contributed by atoms with Crippen LogP contribution in [-0.4, -0.2) is 18.4 Å². The van der Waals surface area contributed by atoms with Crippen molar-refractivity contribution in [2.75, 3.05) is 6.61 Å². The van der Waals surface area contributed by atoms with Crippen LogP contribution >= 0.6 is 15.9 Å². The average molecular weight is 392 g/mol. The van der Waals surface area contributed by atoms with Crippen LogP contribution in [0.5, 0.6) is 0 Å². The lowest BCUT2D eigenvalue weighted by atomic mass is 9.77. The van der Waals surface area contributed by atoms with Gasteiger partial charge in [-0.3, -0.25) is 4.79 Å². The fourth-order valence-electron chi connectivity index (χ4n) is 3.15. The van der Waals surface area contributed by atoms with E-state index in [1.54, 1.807) is 6.92 Å². The minimum absolute atomic E-state index is 0.00142. The van der Waals surface area contributed by atoms with Gasteiger partial charge in [-0.05, 0) is 31.0 Å². The van der Waals surface area contributed by atoms with Crippen LogP contribution in [0.2, 0.25) is 0 Å². The van der Waals surface area contributed by atoms with Gasteiger partial charge in [0, 0.05) is 22.9 Å². The van der Waals surface area contributed by atoms with Gasteiger partial charge in [0.25, 0.3) is 0 Å². The molecule has 0 aromatic heterocycles. The number of hydrogen-bond donors (Lipinski definition) is 1. The first-order valence-corrected chi connectivity index (χ1v) is 8.68. The van der Waals surface area contributed by atoms with E-state index < -0.39 is 11.9 Å². The molecule has 1 aliphatic heterocycles. The van der Waals surface area contributed by atoms with Crippen molar-refractivity contribution < 1.29 is 19.1 Å². The van der Waals surface area contributed by atoms with Gasteiger partial charge < -0.3 is 15.2 Å². The van der Waals surface area contributed by atoms with Crippen LogP contribution < -0.4 is 5.73 Å². The molecule has 5 nitrogen and oxygen atoms in total. The van der Waals surface area contributed by atoms with Crippen LogP contribution in [0.25, 0.3) is 0 Å². The number of rotatable bonds is 3. The maximum atomic E-state index is 12.5. The molecule has 1 atom stereocenters. The first-order valence-electron chi connectivity index (χ1n) is 7.89. The number of halogens is 1. The van der Waals surface area contributed by atoms with Crippen molar-refractivity contribution in [3.8, 4) is 0 Å². The lowest BCUT2D eigenvalue weighted by molar-refractivity contribution is -0.139. The number of carbonyl (C=O) groups is 2. The summed E-state index contributed by atoms with van der Waals surface area (Å²) in [6.45, 7) is 1.95. The van der Waals surface area contributed by atoms with Crippen LogP contribution in [0.3, 0.4) is 0 Å². The summed E-state index contributed by atoms with van der Waals surface area (Å²) < 4.78 is 11.7. The molecular weight excluding hydrogens is 374 g/mol. The zero-order valence-electron chi connectivity index (χ0n) is 13.3. The number of carbonyl (C=O) groups excluding carboxylic acids is 2. The molecule has 126 valence electrons. The molecule has 1 aromatic rings. The highest BCUT2D eigenvalue weighted by Gasteiger charge is 2.41. The Labute approximate surface area is 148 Å². The monoisotopic (exact) mass is 391 g/mol. The maximum Gasteiger partial charge on any atom is 0.340 e. The Morgan fingerprint density at radius 3 is 2.71 bits per heavy atom. The smallest absolute Gasteiger partial charge is 0.340 e. The largest absolute Gasteiger partial charge is 0.462 e. The van der Waals surface area contributed by atoms with Crippen LogP contribution in [-0.2, 0) is 19.1 Å². The lowest BCUT2D eigenvalue weighted by Gasteiger charge is -2.32. The van der Waals surface area contributed by atoms with Crippen molar-refractivity contribution in [2.45, 2.75) is 32.1 Å². The number of Topliss-reactive ketones (excluding diaryl/α,β-unsaturated/α-hetero) is 1. The van der Waals surface area contributed by atoms with Gasteiger partial charge in [-0.2, -0.15) is 0 Å². The summed E-state index contributed by atoms with van der Waals surface area (Å²) in [4.78, 5) is 25.0. The first kappa shape index (κ1) is 16.8. The molecule has 24 heavy (non-hydrogen) atoms. The van der Waals surface area contributed by atoms with E-state index >= 15 is 0 Å². The average Bonchev–Trinajstić information content (AvgIpc) is 2.55. The summed E-state index contributed by atoms with van der Waals surface area (Å²) in [6.07, 6.45) is 1.82. The Balaban J connectivity index is 2.15. The van der Waals surface area contributed by atoms with Crippen molar-refractivity contribution in [3.63, 3.8) is 0 Å². The molecule has 0 amide bonds. The number of esters is 1. The molecule has 3 rings (SSSR count). The van der Waals surface area contributed by atoms with Crippen molar-refractivity contribution >= 4 is 27.7 Å². The van der Waals surface area contributed by atoms with Gasteiger partial charge in [-0.25, -0.2) is 4.79 Å².